The molecule has 1 aromatic carbocycles. The normalized spacial score (nSPS) is 18.7. The Morgan fingerprint density at radius 2 is 2.05 bits per heavy atom. The van der Waals surface area contributed by atoms with Crippen molar-refractivity contribution in [2.45, 2.75) is 51.5 Å². The lowest BCUT2D eigenvalue weighted by molar-refractivity contribution is -0.122. The first kappa shape index (κ1) is 15.5. The van der Waals surface area contributed by atoms with Crippen molar-refractivity contribution in [2.24, 2.45) is 0 Å². The molecule has 2 amide bonds. The third-order valence-corrected chi connectivity index (χ3v) is 3.88. The molecule has 0 aliphatic carbocycles. The van der Waals surface area contributed by atoms with Gasteiger partial charge in [0.05, 0.1) is 0 Å². The SMILES string of the molecule is CCCCc1ccc(C(=O)N[C@H]2CCCCNC2=O)cc1. The van der Waals surface area contributed by atoms with Gasteiger partial charge in [0, 0.05) is 12.1 Å². The highest BCUT2D eigenvalue weighted by atomic mass is 16.2. The molecule has 0 radical (unpaired) electrons. The van der Waals surface area contributed by atoms with E-state index in [0.717, 1.165) is 25.7 Å². The Balaban J connectivity index is 1.94. The number of carbonyl (C=O) groups excluding carboxylic acids is 2. The maximum Gasteiger partial charge on any atom is 0.251 e. The molecule has 114 valence electrons. The van der Waals surface area contributed by atoms with Crippen LogP contribution < -0.4 is 10.6 Å². The molecule has 0 bridgehead atoms. The molecule has 4 heteroatoms. The maximum absolute atomic E-state index is 12.2. The molecule has 0 aromatic heterocycles. The largest absolute Gasteiger partial charge is 0.354 e. The molecule has 1 aromatic rings. The molecule has 2 rings (SSSR count). The molecule has 1 saturated heterocycles. The lowest BCUT2D eigenvalue weighted by Crippen LogP contribution is -2.45. The van der Waals surface area contributed by atoms with Crippen LogP contribution in [0.1, 0.15) is 54.9 Å². The quantitative estimate of drug-likeness (QED) is 0.874. The van der Waals surface area contributed by atoms with Crippen LogP contribution in [-0.4, -0.2) is 24.4 Å². The van der Waals surface area contributed by atoms with Crippen molar-refractivity contribution >= 4 is 11.8 Å². The standard InChI is InChI=1S/C17H24N2O2/c1-2-3-6-13-8-10-14(11-9-13)16(20)19-15-7-4-5-12-18-17(15)21/h8-11,15H,2-7,12H2,1H3,(H,18,21)(H,19,20)/t15-/m0/s1. The van der Waals surface area contributed by atoms with Crippen LogP contribution in [0.15, 0.2) is 24.3 Å². The van der Waals surface area contributed by atoms with E-state index in [1.807, 2.05) is 24.3 Å². The second kappa shape index (κ2) is 7.81. The summed E-state index contributed by atoms with van der Waals surface area (Å²) in [4.78, 5) is 24.0. The third-order valence-electron chi connectivity index (χ3n) is 3.88. The van der Waals surface area contributed by atoms with Gasteiger partial charge in [0.1, 0.15) is 6.04 Å². The molecule has 21 heavy (non-hydrogen) atoms. The van der Waals surface area contributed by atoms with E-state index in [0.29, 0.717) is 18.5 Å². The van der Waals surface area contributed by atoms with Gasteiger partial charge in [0.15, 0.2) is 0 Å². The van der Waals surface area contributed by atoms with E-state index < -0.39 is 6.04 Å². The highest BCUT2D eigenvalue weighted by Crippen LogP contribution is 2.10. The summed E-state index contributed by atoms with van der Waals surface area (Å²) in [5, 5.41) is 5.67. The number of carbonyl (C=O) groups is 2. The average Bonchev–Trinajstić information content (AvgIpc) is 2.70. The molecule has 1 heterocycles. The van der Waals surface area contributed by atoms with E-state index in [4.69, 9.17) is 0 Å². The summed E-state index contributed by atoms with van der Waals surface area (Å²) in [7, 11) is 0. The predicted octanol–water partition coefficient (Wildman–Crippen LogP) is 2.43. The Hall–Kier alpha value is -1.84. The van der Waals surface area contributed by atoms with Crippen molar-refractivity contribution in [1.82, 2.24) is 10.6 Å². The predicted molar refractivity (Wildman–Crippen MR) is 83.2 cm³/mol. The summed E-state index contributed by atoms with van der Waals surface area (Å²) in [6, 6.07) is 7.28. The molecule has 0 unspecified atom stereocenters. The molecule has 4 nitrogen and oxygen atoms in total. The van der Waals surface area contributed by atoms with Crippen LogP contribution in [0.25, 0.3) is 0 Å². The van der Waals surface area contributed by atoms with E-state index in [9.17, 15) is 9.59 Å². The summed E-state index contributed by atoms with van der Waals surface area (Å²) in [6.07, 6.45) is 6.02. The van der Waals surface area contributed by atoms with Crippen molar-refractivity contribution in [1.29, 1.82) is 0 Å². The fraction of sp³-hybridized carbons (Fsp3) is 0.529. The summed E-state index contributed by atoms with van der Waals surface area (Å²) in [6.45, 7) is 2.87. The number of hydrogen-bond acceptors (Lipinski definition) is 2. The number of hydrogen-bond donors (Lipinski definition) is 2. The third kappa shape index (κ3) is 4.59. The van der Waals surface area contributed by atoms with E-state index in [2.05, 4.69) is 17.6 Å². The molecule has 1 fully saturated rings. The first-order chi connectivity index (χ1) is 10.2. The Labute approximate surface area is 126 Å². The zero-order valence-electron chi connectivity index (χ0n) is 12.7. The van der Waals surface area contributed by atoms with Crippen LogP contribution in [0.5, 0.6) is 0 Å². The summed E-state index contributed by atoms with van der Waals surface area (Å²) in [5.74, 6) is -0.237. The smallest absolute Gasteiger partial charge is 0.251 e. The number of aryl methyl sites for hydroxylation is 1. The summed E-state index contributed by atoms with van der Waals surface area (Å²) in [5.41, 5.74) is 1.87. The van der Waals surface area contributed by atoms with Gasteiger partial charge < -0.3 is 10.6 Å². The van der Waals surface area contributed by atoms with Crippen molar-refractivity contribution in [3.63, 3.8) is 0 Å². The topological polar surface area (TPSA) is 58.2 Å². The fourth-order valence-electron chi connectivity index (χ4n) is 2.52. The van der Waals surface area contributed by atoms with Gasteiger partial charge >= 0.3 is 0 Å². The molecule has 1 aliphatic heterocycles. The van der Waals surface area contributed by atoms with Crippen LogP contribution in [0.3, 0.4) is 0 Å². The lowest BCUT2D eigenvalue weighted by atomic mass is 10.1. The molecule has 0 saturated carbocycles. The minimum Gasteiger partial charge on any atom is -0.354 e. The second-order valence-corrected chi connectivity index (χ2v) is 5.61. The second-order valence-electron chi connectivity index (χ2n) is 5.61. The highest BCUT2D eigenvalue weighted by Gasteiger charge is 2.22. The zero-order valence-corrected chi connectivity index (χ0v) is 12.7. The Bertz CT molecular complexity index is 482. The van der Waals surface area contributed by atoms with Gasteiger partial charge in [-0.2, -0.15) is 0 Å². The zero-order chi connectivity index (χ0) is 15.1. The van der Waals surface area contributed by atoms with Crippen LogP contribution in [0, 0.1) is 0 Å². The van der Waals surface area contributed by atoms with Crippen molar-refractivity contribution in [3.8, 4) is 0 Å². The first-order valence-corrected chi connectivity index (χ1v) is 7.88. The first-order valence-electron chi connectivity index (χ1n) is 7.88. The molecule has 1 aliphatic rings. The fourth-order valence-corrected chi connectivity index (χ4v) is 2.52. The van der Waals surface area contributed by atoms with Gasteiger partial charge in [-0.05, 0) is 49.8 Å². The average molecular weight is 288 g/mol. The van der Waals surface area contributed by atoms with Crippen LogP contribution in [-0.2, 0) is 11.2 Å². The van der Waals surface area contributed by atoms with E-state index >= 15 is 0 Å². The monoisotopic (exact) mass is 288 g/mol. The minimum absolute atomic E-state index is 0.0691. The van der Waals surface area contributed by atoms with E-state index in [1.165, 1.54) is 12.0 Å². The number of benzene rings is 1. The Morgan fingerprint density at radius 3 is 2.76 bits per heavy atom. The minimum atomic E-state index is -0.403. The summed E-state index contributed by atoms with van der Waals surface area (Å²) < 4.78 is 0. The molecular weight excluding hydrogens is 264 g/mol. The van der Waals surface area contributed by atoms with Crippen LogP contribution >= 0.6 is 0 Å². The van der Waals surface area contributed by atoms with Gasteiger partial charge in [0.25, 0.3) is 5.91 Å². The molecule has 2 N–H and O–H groups in total. The number of rotatable bonds is 5. The Morgan fingerprint density at radius 1 is 1.29 bits per heavy atom. The summed E-state index contributed by atoms with van der Waals surface area (Å²) >= 11 is 0. The van der Waals surface area contributed by atoms with Gasteiger partial charge in [0.2, 0.25) is 5.91 Å². The van der Waals surface area contributed by atoms with Crippen molar-refractivity contribution in [2.75, 3.05) is 6.54 Å². The maximum atomic E-state index is 12.2. The van der Waals surface area contributed by atoms with Crippen LogP contribution in [0.2, 0.25) is 0 Å². The molecular formula is C17H24N2O2. The van der Waals surface area contributed by atoms with E-state index in [-0.39, 0.29) is 11.8 Å². The van der Waals surface area contributed by atoms with Gasteiger partial charge in [-0.25, -0.2) is 0 Å². The number of amides is 2. The number of nitrogens with one attached hydrogen (secondary N) is 2. The molecule has 0 spiro atoms. The highest BCUT2D eigenvalue weighted by molar-refractivity contribution is 5.97. The van der Waals surface area contributed by atoms with E-state index in [1.54, 1.807) is 0 Å². The van der Waals surface area contributed by atoms with Gasteiger partial charge in [-0.15, -0.1) is 0 Å². The molecule has 1 atom stereocenters. The Kier molecular flexibility index (Phi) is 5.78. The van der Waals surface area contributed by atoms with Crippen molar-refractivity contribution < 1.29 is 9.59 Å². The van der Waals surface area contributed by atoms with Crippen LogP contribution in [0.4, 0.5) is 0 Å². The number of unbranched alkanes of at least 4 members (excludes halogenated alkanes) is 1. The van der Waals surface area contributed by atoms with Crippen molar-refractivity contribution in [3.05, 3.63) is 35.4 Å². The van der Waals surface area contributed by atoms with Gasteiger partial charge in [-0.1, -0.05) is 25.5 Å². The lowest BCUT2D eigenvalue weighted by Gasteiger charge is -2.15. The van der Waals surface area contributed by atoms with Gasteiger partial charge in [-0.3, -0.25) is 9.59 Å².